The summed E-state index contributed by atoms with van der Waals surface area (Å²) in [4.78, 5) is 0. The molecule has 1 aromatic carbocycles. The molecule has 0 spiro atoms. The summed E-state index contributed by atoms with van der Waals surface area (Å²) < 4.78 is 10.2. The third kappa shape index (κ3) is 4.54. The van der Waals surface area contributed by atoms with Crippen LogP contribution in [0.4, 0.5) is 0 Å². The lowest BCUT2D eigenvalue weighted by Crippen LogP contribution is -2.14. The third-order valence-electron chi connectivity index (χ3n) is 4.65. The van der Waals surface area contributed by atoms with Crippen LogP contribution in [0.5, 0.6) is 0 Å². The van der Waals surface area contributed by atoms with Crippen LogP contribution in [0.25, 0.3) is 5.57 Å². The lowest BCUT2D eigenvalue weighted by atomic mass is 9.87. The molecule has 0 aliphatic heterocycles. The molecule has 0 aromatic heterocycles. The molecular formula is C20H28O3. The van der Waals surface area contributed by atoms with Crippen molar-refractivity contribution in [3.8, 4) is 0 Å². The van der Waals surface area contributed by atoms with E-state index in [1.165, 1.54) is 30.4 Å². The van der Waals surface area contributed by atoms with Crippen LogP contribution in [0, 0.1) is 0 Å². The lowest BCUT2D eigenvalue weighted by Gasteiger charge is -2.21. The monoisotopic (exact) mass is 316 g/mol. The van der Waals surface area contributed by atoms with E-state index in [9.17, 15) is 5.11 Å². The third-order valence-corrected chi connectivity index (χ3v) is 4.65. The molecule has 0 saturated heterocycles. The van der Waals surface area contributed by atoms with Gasteiger partial charge in [0.1, 0.15) is 12.9 Å². The zero-order chi connectivity index (χ0) is 16.8. The first kappa shape index (κ1) is 17.9. The molecule has 0 fully saturated rings. The number of ether oxygens (including phenoxy) is 2. The van der Waals surface area contributed by atoms with E-state index in [0.29, 0.717) is 6.61 Å². The average Bonchev–Trinajstić information content (AvgIpc) is 2.59. The number of aliphatic hydroxyl groups excluding tert-OH is 1. The van der Waals surface area contributed by atoms with Crippen molar-refractivity contribution < 1.29 is 14.6 Å². The van der Waals surface area contributed by atoms with E-state index in [2.05, 4.69) is 24.8 Å². The van der Waals surface area contributed by atoms with Gasteiger partial charge in [0.25, 0.3) is 0 Å². The Hall–Kier alpha value is -1.42. The van der Waals surface area contributed by atoms with Crippen molar-refractivity contribution in [2.45, 2.75) is 45.6 Å². The Bertz CT molecular complexity index is 587. The summed E-state index contributed by atoms with van der Waals surface area (Å²) in [5.74, 6) is 0. The number of aliphatic hydroxyl groups is 1. The zero-order valence-corrected chi connectivity index (χ0v) is 14.5. The van der Waals surface area contributed by atoms with Gasteiger partial charge in [0, 0.05) is 7.11 Å². The minimum Gasteiger partial charge on any atom is -0.384 e. The van der Waals surface area contributed by atoms with Crippen LogP contribution in [0.1, 0.15) is 43.4 Å². The lowest BCUT2D eigenvalue weighted by molar-refractivity contribution is -0.0215. The maximum absolute atomic E-state index is 10.6. The van der Waals surface area contributed by atoms with Crippen molar-refractivity contribution in [3.05, 3.63) is 52.6 Å². The first-order valence-electron chi connectivity index (χ1n) is 8.26. The highest BCUT2D eigenvalue weighted by Gasteiger charge is 2.17. The van der Waals surface area contributed by atoms with E-state index in [4.69, 9.17) is 9.47 Å². The standard InChI is InChI=1S/C20H28O3/c1-14(12-23-13-22-4)15(2)20(21)16(3)18-10-9-17-7-5-6-8-19(17)11-18/h9-11,20-21H,3,5-8,12-13H2,1-2,4H3/b15-14+. The smallest absolute Gasteiger partial charge is 0.146 e. The molecule has 1 aromatic rings. The summed E-state index contributed by atoms with van der Waals surface area (Å²) in [6.45, 7) is 8.73. The van der Waals surface area contributed by atoms with Gasteiger partial charge in [-0.3, -0.25) is 0 Å². The van der Waals surface area contributed by atoms with E-state index in [1.807, 2.05) is 13.8 Å². The second-order valence-electron chi connectivity index (χ2n) is 6.34. The summed E-state index contributed by atoms with van der Waals surface area (Å²) in [5.41, 5.74) is 6.53. The fourth-order valence-electron chi connectivity index (χ4n) is 2.98. The molecule has 1 atom stereocenters. The van der Waals surface area contributed by atoms with Crippen molar-refractivity contribution in [3.63, 3.8) is 0 Å². The predicted octanol–water partition coefficient (Wildman–Crippen LogP) is 3.90. The second-order valence-corrected chi connectivity index (χ2v) is 6.34. The van der Waals surface area contributed by atoms with Gasteiger partial charge in [-0.05, 0) is 72.9 Å². The van der Waals surface area contributed by atoms with Crippen LogP contribution in [0.2, 0.25) is 0 Å². The Morgan fingerprint density at radius 3 is 2.61 bits per heavy atom. The topological polar surface area (TPSA) is 38.7 Å². The maximum Gasteiger partial charge on any atom is 0.146 e. The molecule has 0 radical (unpaired) electrons. The van der Waals surface area contributed by atoms with Gasteiger partial charge >= 0.3 is 0 Å². The number of aryl methyl sites for hydroxylation is 2. The first-order valence-corrected chi connectivity index (χ1v) is 8.26. The van der Waals surface area contributed by atoms with Gasteiger partial charge in [-0.2, -0.15) is 0 Å². The molecule has 3 heteroatoms. The first-order chi connectivity index (χ1) is 11.0. The van der Waals surface area contributed by atoms with Crippen LogP contribution >= 0.6 is 0 Å². The SMILES string of the molecule is C=C(c1ccc2c(c1)CCCC2)C(O)/C(C)=C(\C)COCOC. The highest BCUT2D eigenvalue weighted by molar-refractivity contribution is 5.70. The van der Waals surface area contributed by atoms with Gasteiger partial charge in [0.15, 0.2) is 0 Å². The highest BCUT2D eigenvalue weighted by Crippen LogP contribution is 2.28. The number of benzene rings is 1. The van der Waals surface area contributed by atoms with Crippen molar-refractivity contribution in [2.75, 3.05) is 20.5 Å². The van der Waals surface area contributed by atoms with Gasteiger partial charge in [-0.25, -0.2) is 0 Å². The van der Waals surface area contributed by atoms with E-state index >= 15 is 0 Å². The largest absolute Gasteiger partial charge is 0.384 e. The van der Waals surface area contributed by atoms with E-state index in [0.717, 1.165) is 28.7 Å². The summed E-state index contributed by atoms with van der Waals surface area (Å²) in [7, 11) is 1.60. The Balaban J connectivity index is 2.11. The van der Waals surface area contributed by atoms with Gasteiger partial charge in [0.2, 0.25) is 0 Å². The predicted molar refractivity (Wildman–Crippen MR) is 94.3 cm³/mol. The van der Waals surface area contributed by atoms with Crippen molar-refractivity contribution in [1.29, 1.82) is 0 Å². The Kier molecular flexibility index (Phi) is 6.58. The number of hydrogen-bond donors (Lipinski definition) is 1. The summed E-state index contributed by atoms with van der Waals surface area (Å²) >= 11 is 0. The molecule has 1 unspecified atom stereocenters. The number of hydrogen-bond acceptors (Lipinski definition) is 3. The Morgan fingerprint density at radius 2 is 1.91 bits per heavy atom. The summed E-state index contributed by atoms with van der Waals surface area (Å²) in [6, 6.07) is 6.47. The van der Waals surface area contributed by atoms with Crippen molar-refractivity contribution in [2.24, 2.45) is 0 Å². The molecule has 3 nitrogen and oxygen atoms in total. The minimum atomic E-state index is -0.678. The van der Waals surface area contributed by atoms with Crippen LogP contribution in [-0.2, 0) is 22.3 Å². The molecule has 126 valence electrons. The molecule has 1 N–H and O–H groups in total. The fourth-order valence-corrected chi connectivity index (χ4v) is 2.98. The van der Waals surface area contributed by atoms with E-state index < -0.39 is 6.10 Å². The van der Waals surface area contributed by atoms with Gasteiger partial charge in [-0.15, -0.1) is 0 Å². The second kappa shape index (κ2) is 8.44. The minimum absolute atomic E-state index is 0.256. The van der Waals surface area contributed by atoms with Crippen molar-refractivity contribution in [1.82, 2.24) is 0 Å². The normalized spacial score (nSPS) is 16.5. The summed E-state index contributed by atoms with van der Waals surface area (Å²) in [5, 5.41) is 10.6. The number of methoxy groups -OCH3 is 1. The van der Waals surface area contributed by atoms with Gasteiger partial charge < -0.3 is 14.6 Å². The van der Waals surface area contributed by atoms with Crippen LogP contribution in [0.15, 0.2) is 35.9 Å². The molecule has 0 heterocycles. The Morgan fingerprint density at radius 1 is 1.22 bits per heavy atom. The highest BCUT2D eigenvalue weighted by atomic mass is 16.7. The fraction of sp³-hybridized carbons (Fsp3) is 0.500. The molecule has 0 bridgehead atoms. The number of rotatable bonds is 7. The quantitative estimate of drug-likeness (QED) is 0.471. The zero-order valence-electron chi connectivity index (χ0n) is 14.5. The van der Waals surface area contributed by atoms with Crippen LogP contribution in [0.3, 0.4) is 0 Å². The molecule has 0 saturated carbocycles. The van der Waals surface area contributed by atoms with E-state index in [1.54, 1.807) is 7.11 Å². The van der Waals surface area contributed by atoms with Crippen LogP contribution in [-0.4, -0.2) is 31.7 Å². The average molecular weight is 316 g/mol. The van der Waals surface area contributed by atoms with Gasteiger partial charge in [-0.1, -0.05) is 24.8 Å². The van der Waals surface area contributed by atoms with E-state index in [-0.39, 0.29) is 6.79 Å². The maximum atomic E-state index is 10.6. The van der Waals surface area contributed by atoms with Crippen molar-refractivity contribution >= 4 is 5.57 Å². The molecule has 1 aliphatic carbocycles. The molecule has 2 rings (SSSR count). The molecule has 23 heavy (non-hydrogen) atoms. The number of fused-ring (bicyclic) bond motifs is 1. The molecular weight excluding hydrogens is 288 g/mol. The molecule has 0 amide bonds. The van der Waals surface area contributed by atoms with Gasteiger partial charge in [0.05, 0.1) is 6.61 Å². The summed E-state index contributed by atoms with van der Waals surface area (Å²) in [6.07, 6.45) is 4.15. The van der Waals surface area contributed by atoms with Crippen LogP contribution < -0.4 is 0 Å². The Labute approximate surface area is 139 Å². The molecule has 1 aliphatic rings.